The molecule has 1 heterocycles. The van der Waals surface area contributed by atoms with Crippen LogP contribution in [0.5, 0.6) is 0 Å². The van der Waals surface area contributed by atoms with Crippen LogP contribution in [-0.2, 0) is 22.6 Å². The van der Waals surface area contributed by atoms with Crippen LogP contribution in [0.15, 0.2) is 62.2 Å². The maximum atomic E-state index is 13.5. The van der Waals surface area contributed by atoms with Gasteiger partial charge in [0.15, 0.2) is 0 Å². The second kappa shape index (κ2) is 7.61. The van der Waals surface area contributed by atoms with Crippen molar-refractivity contribution in [3.05, 3.63) is 80.4 Å². The number of aryl methyl sites for hydroxylation is 1. The number of rotatable bonds is 5. The molecule has 3 aromatic rings. The number of hydrogen-bond acceptors (Lipinski definition) is 4. The molecule has 0 aliphatic heterocycles. The molecule has 3 rings (SSSR count). The number of fused-ring (bicyclic) bond motifs is 1. The van der Waals surface area contributed by atoms with Crippen LogP contribution in [0, 0.1) is 5.82 Å². The normalized spacial score (nSPS) is 10.8. The van der Waals surface area contributed by atoms with Gasteiger partial charge in [-0.15, -0.1) is 0 Å². The first-order valence-corrected chi connectivity index (χ1v) is 8.43. The monoisotopic (exact) mass is 404 g/mol. The summed E-state index contributed by atoms with van der Waals surface area (Å²) in [5.41, 5.74) is 0.940. The minimum absolute atomic E-state index is 0.0418. The van der Waals surface area contributed by atoms with Gasteiger partial charge in [-0.2, -0.15) is 0 Å². The zero-order valence-electron chi connectivity index (χ0n) is 13.1. The number of carbonyl (C=O) groups is 1. The molecule has 0 saturated heterocycles. The molecule has 0 atom stereocenters. The van der Waals surface area contributed by atoms with E-state index in [1.54, 1.807) is 30.3 Å². The smallest absolute Gasteiger partial charge is 0.336 e. The Morgan fingerprint density at radius 1 is 1.12 bits per heavy atom. The van der Waals surface area contributed by atoms with Crippen LogP contribution in [0.4, 0.5) is 4.39 Å². The molecule has 0 N–H and O–H groups in total. The molecule has 2 aromatic carbocycles. The number of ether oxygens (including phenoxy) is 1. The van der Waals surface area contributed by atoms with E-state index in [0.29, 0.717) is 22.1 Å². The molecule has 0 bridgehead atoms. The summed E-state index contributed by atoms with van der Waals surface area (Å²) in [7, 11) is 0. The van der Waals surface area contributed by atoms with Gasteiger partial charge in [0.2, 0.25) is 0 Å². The number of hydrogen-bond donors (Lipinski definition) is 0. The highest BCUT2D eigenvalue weighted by atomic mass is 79.9. The summed E-state index contributed by atoms with van der Waals surface area (Å²) in [6.45, 7) is -0.0418. The lowest BCUT2D eigenvalue weighted by Crippen LogP contribution is -2.08. The average Bonchev–Trinajstić information content (AvgIpc) is 2.58. The third kappa shape index (κ3) is 4.33. The molecule has 1 aromatic heterocycles. The van der Waals surface area contributed by atoms with E-state index in [9.17, 15) is 14.0 Å². The van der Waals surface area contributed by atoms with E-state index in [1.165, 1.54) is 12.1 Å². The molecule has 0 saturated carbocycles. The maximum absolute atomic E-state index is 13.5. The summed E-state index contributed by atoms with van der Waals surface area (Å²) in [4.78, 5) is 23.6. The summed E-state index contributed by atoms with van der Waals surface area (Å²) < 4.78 is 24.7. The highest BCUT2D eigenvalue weighted by Gasteiger charge is 2.10. The van der Waals surface area contributed by atoms with Gasteiger partial charge in [0.1, 0.15) is 18.0 Å². The molecule has 4 nitrogen and oxygen atoms in total. The lowest BCUT2D eigenvalue weighted by atomic mass is 10.1. The van der Waals surface area contributed by atoms with E-state index in [4.69, 9.17) is 9.15 Å². The standard InChI is InChI=1S/C19H14BrFO4/c20-14-6-7-15-13(9-19(23)25-17(15)10-14)11-24-18(22)8-5-12-3-1-2-4-16(12)21/h1-4,6-7,9-10H,5,8,11H2. The van der Waals surface area contributed by atoms with E-state index < -0.39 is 11.6 Å². The Bertz CT molecular complexity index is 981. The maximum Gasteiger partial charge on any atom is 0.336 e. The van der Waals surface area contributed by atoms with Crippen molar-refractivity contribution in [3.8, 4) is 0 Å². The second-order valence-corrected chi connectivity index (χ2v) is 6.40. The third-order valence-electron chi connectivity index (χ3n) is 3.74. The van der Waals surface area contributed by atoms with Crippen molar-refractivity contribution in [1.82, 2.24) is 0 Å². The number of esters is 1. The van der Waals surface area contributed by atoms with Crippen LogP contribution in [0.3, 0.4) is 0 Å². The summed E-state index contributed by atoms with van der Waals surface area (Å²) in [6.07, 6.45) is 0.321. The van der Waals surface area contributed by atoms with Crippen LogP contribution >= 0.6 is 15.9 Å². The van der Waals surface area contributed by atoms with E-state index in [1.807, 2.05) is 6.07 Å². The zero-order chi connectivity index (χ0) is 17.8. The Labute approximate surface area is 151 Å². The Balaban J connectivity index is 1.67. The number of carbonyl (C=O) groups excluding carboxylic acids is 1. The first-order valence-electron chi connectivity index (χ1n) is 7.64. The van der Waals surface area contributed by atoms with Crippen molar-refractivity contribution < 1.29 is 18.3 Å². The lowest BCUT2D eigenvalue weighted by molar-refractivity contribution is -0.144. The molecule has 0 amide bonds. The quantitative estimate of drug-likeness (QED) is 0.467. The van der Waals surface area contributed by atoms with Crippen LogP contribution in [0.1, 0.15) is 17.5 Å². The summed E-state index contributed by atoms with van der Waals surface area (Å²) in [5.74, 6) is -0.797. The van der Waals surface area contributed by atoms with E-state index in [2.05, 4.69) is 15.9 Å². The SMILES string of the molecule is O=C(CCc1ccccc1F)OCc1cc(=O)oc2cc(Br)ccc12. The molecule has 0 fully saturated rings. The Kier molecular flexibility index (Phi) is 5.28. The Morgan fingerprint density at radius 3 is 2.72 bits per heavy atom. The molecular weight excluding hydrogens is 391 g/mol. The highest BCUT2D eigenvalue weighted by molar-refractivity contribution is 9.10. The molecule has 0 radical (unpaired) electrons. The van der Waals surface area contributed by atoms with Gasteiger partial charge in [0.05, 0.1) is 0 Å². The largest absolute Gasteiger partial charge is 0.461 e. The summed E-state index contributed by atoms with van der Waals surface area (Å²) in [5, 5.41) is 0.699. The lowest BCUT2D eigenvalue weighted by Gasteiger charge is -2.08. The van der Waals surface area contributed by atoms with Crippen molar-refractivity contribution in [3.63, 3.8) is 0 Å². The van der Waals surface area contributed by atoms with Crippen molar-refractivity contribution in [2.45, 2.75) is 19.4 Å². The van der Waals surface area contributed by atoms with Crippen molar-refractivity contribution >= 4 is 32.9 Å². The van der Waals surface area contributed by atoms with Gasteiger partial charge in [0.25, 0.3) is 0 Å². The van der Waals surface area contributed by atoms with Crippen molar-refractivity contribution in [2.75, 3.05) is 0 Å². The predicted molar refractivity (Wildman–Crippen MR) is 94.7 cm³/mol. The van der Waals surface area contributed by atoms with E-state index >= 15 is 0 Å². The topological polar surface area (TPSA) is 56.5 Å². The summed E-state index contributed by atoms with van der Waals surface area (Å²) >= 11 is 3.31. The van der Waals surface area contributed by atoms with Crippen LogP contribution in [-0.4, -0.2) is 5.97 Å². The molecule has 0 unspecified atom stereocenters. The molecule has 128 valence electrons. The van der Waals surface area contributed by atoms with Crippen LogP contribution in [0.25, 0.3) is 11.0 Å². The minimum Gasteiger partial charge on any atom is -0.461 e. The molecular formula is C19H14BrFO4. The van der Waals surface area contributed by atoms with Gasteiger partial charge >= 0.3 is 11.6 Å². The van der Waals surface area contributed by atoms with Gasteiger partial charge in [-0.3, -0.25) is 4.79 Å². The molecule has 25 heavy (non-hydrogen) atoms. The van der Waals surface area contributed by atoms with Crippen molar-refractivity contribution in [1.29, 1.82) is 0 Å². The van der Waals surface area contributed by atoms with Crippen LogP contribution in [0.2, 0.25) is 0 Å². The third-order valence-corrected chi connectivity index (χ3v) is 4.23. The fourth-order valence-electron chi connectivity index (χ4n) is 2.49. The van der Waals surface area contributed by atoms with Gasteiger partial charge in [-0.1, -0.05) is 34.1 Å². The van der Waals surface area contributed by atoms with Gasteiger partial charge in [-0.25, -0.2) is 9.18 Å². The molecule has 0 aliphatic rings. The first-order chi connectivity index (χ1) is 12.0. The molecule has 0 aliphatic carbocycles. The Morgan fingerprint density at radius 2 is 1.92 bits per heavy atom. The van der Waals surface area contributed by atoms with Gasteiger partial charge in [0, 0.05) is 27.9 Å². The van der Waals surface area contributed by atoms with E-state index in [-0.39, 0.29) is 25.3 Å². The fourth-order valence-corrected chi connectivity index (χ4v) is 2.83. The second-order valence-electron chi connectivity index (χ2n) is 5.48. The van der Waals surface area contributed by atoms with Gasteiger partial charge < -0.3 is 9.15 Å². The van der Waals surface area contributed by atoms with Crippen LogP contribution < -0.4 is 5.63 Å². The number of halogens is 2. The van der Waals surface area contributed by atoms with Crippen molar-refractivity contribution in [2.24, 2.45) is 0 Å². The van der Waals surface area contributed by atoms with Gasteiger partial charge in [-0.05, 0) is 36.2 Å². The Hall–Kier alpha value is -2.47. The first kappa shape index (κ1) is 17.4. The molecule has 6 heteroatoms. The predicted octanol–water partition coefficient (Wildman–Crippen LogP) is 4.37. The van der Waals surface area contributed by atoms with E-state index in [0.717, 1.165) is 4.47 Å². The summed E-state index contributed by atoms with van der Waals surface area (Å²) in [6, 6.07) is 12.9. The fraction of sp³-hybridized carbons (Fsp3) is 0.158. The number of benzene rings is 2. The molecule has 0 spiro atoms. The minimum atomic E-state index is -0.511. The average molecular weight is 405 g/mol. The highest BCUT2D eigenvalue weighted by Crippen LogP contribution is 2.22. The zero-order valence-corrected chi connectivity index (χ0v) is 14.7.